The summed E-state index contributed by atoms with van der Waals surface area (Å²) in [6.07, 6.45) is -0.673. The number of nitrogens with one attached hydrogen (secondary N) is 1. The molecule has 0 aromatic heterocycles. The summed E-state index contributed by atoms with van der Waals surface area (Å²) in [5.74, 6) is 0. The van der Waals surface area contributed by atoms with E-state index in [1.54, 1.807) is 12.1 Å². The fraction of sp³-hybridized carbons (Fsp3) is 0.0500. The Labute approximate surface area is 184 Å². The summed E-state index contributed by atoms with van der Waals surface area (Å²) in [6.45, 7) is 0.0573. The van der Waals surface area contributed by atoms with Crippen molar-refractivity contribution in [2.45, 2.75) is 16.4 Å². The lowest BCUT2D eigenvalue weighted by atomic mass is 10.2. The lowest BCUT2D eigenvalue weighted by Crippen LogP contribution is -2.13. The van der Waals surface area contributed by atoms with Gasteiger partial charge in [0.05, 0.1) is 9.85 Å². The fourth-order valence-corrected chi connectivity index (χ4v) is 4.32. The van der Waals surface area contributed by atoms with E-state index in [0.29, 0.717) is 5.69 Å². The van der Waals surface area contributed by atoms with E-state index in [1.165, 1.54) is 58.0 Å². The number of hydrogen-bond acceptors (Lipinski definition) is 8. The van der Waals surface area contributed by atoms with Crippen molar-refractivity contribution in [1.82, 2.24) is 0 Å². The highest BCUT2D eigenvalue weighted by atomic mass is 33.1. The Morgan fingerprint density at radius 3 is 2.13 bits per heavy atom. The summed E-state index contributed by atoms with van der Waals surface area (Å²) in [4.78, 5) is 34.1. The Morgan fingerprint density at radius 1 is 0.839 bits per heavy atom. The van der Waals surface area contributed by atoms with Crippen LogP contribution in [0.3, 0.4) is 0 Å². The van der Waals surface area contributed by atoms with Gasteiger partial charge in [0.15, 0.2) is 0 Å². The Morgan fingerprint density at radius 2 is 1.48 bits per heavy atom. The van der Waals surface area contributed by atoms with E-state index in [9.17, 15) is 25.0 Å². The van der Waals surface area contributed by atoms with Crippen LogP contribution in [-0.2, 0) is 11.3 Å². The molecule has 0 saturated carbocycles. The first-order valence-corrected chi connectivity index (χ1v) is 10.9. The highest BCUT2D eigenvalue weighted by Gasteiger charge is 2.09. The zero-order valence-electron chi connectivity index (χ0n) is 15.8. The lowest BCUT2D eigenvalue weighted by molar-refractivity contribution is -0.385. The van der Waals surface area contributed by atoms with Gasteiger partial charge < -0.3 is 4.74 Å². The minimum atomic E-state index is -0.673. The quantitative estimate of drug-likeness (QED) is 0.246. The summed E-state index contributed by atoms with van der Waals surface area (Å²) in [5.41, 5.74) is 1.15. The number of benzene rings is 3. The molecule has 0 atom stereocenters. The average molecular weight is 457 g/mol. The van der Waals surface area contributed by atoms with Crippen molar-refractivity contribution in [1.29, 1.82) is 0 Å². The van der Waals surface area contributed by atoms with Gasteiger partial charge in [0.1, 0.15) is 6.61 Å². The van der Waals surface area contributed by atoms with Crippen molar-refractivity contribution >= 4 is 44.7 Å². The second-order valence-electron chi connectivity index (χ2n) is 6.07. The highest BCUT2D eigenvalue weighted by molar-refractivity contribution is 8.76. The Hall–Kier alpha value is -3.57. The molecule has 0 radical (unpaired) electrons. The average Bonchev–Trinajstić information content (AvgIpc) is 2.77. The molecule has 0 spiro atoms. The largest absolute Gasteiger partial charge is 0.444 e. The monoisotopic (exact) mass is 457 g/mol. The number of nitro groups is 2. The molecule has 3 rings (SSSR count). The number of carbonyl (C=O) groups is 1. The van der Waals surface area contributed by atoms with E-state index in [0.717, 1.165) is 15.4 Å². The summed E-state index contributed by atoms with van der Waals surface area (Å²) in [7, 11) is 2.87. The maximum Gasteiger partial charge on any atom is 0.411 e. The van der Waals surface area contributed by atoms with Crippen molar-refractivity contribution in [3.8, 4) is 0 Å². The van der Waals surface area contributed by atoms with Crippen molar-refractivity contribution < 1.29 is 19.4 Å². The Kier molecular flexibility index (Phi) is 7.46. The van der Waals surface area contributed by atoms with Gasteiger partial charge in [-0.1, -0.05) is 39.8 Å². The maximum atomic E-state index is 11.9. The van der Waals surface area contributed by atoms with E-state index >= 15 is 0 Å². The minimum absolute atomic E-state index is 0.0464. The molecule has 3 aromatic rings. The maximum absolute atomic E-state index is 11.9. The van der Waals surface area contributed by atoms with Crippen LogP contribution in [0.1, 0.15) is 5.56 Å². The molecule has 0 aliphatic carbocycles. The van der Waals surface area contributed by atoms with Crippen LogP contribution in [0.25, 0.3) is 0 Å². The molecule has 11 heteroatoms. The van der Waals surface area contributed by atoms with Crippen LogP contribution in [-0.4, -0.2) is 15.9 Å². The Bertz CT molecular complexity index is 1090. The lowest BCUT2D eigenvalue weighted by Gasteiger charge is -2.08. The predicted octanol–water partition coefficient (Wildman–Crippen LogP) is 6.05. The van der Waals surface area contributed by atoms with Crippen molar-refractivity contribution in [2.75, 3.05) is 5.32 Å². The van der Waals surface area contributed by atoms with Gasteiger partial charge in [0.25, 0.3) is 11.4 Å². The first-order chi connectivity index (χ1) is 14.9. The van der Waals surface area contributed by atoms with Gasteiger partial charge in [-0.2, -0.15) is 0 Å². The molecule has 31 heavy (non-hydrogen) atoms. The van der Waals surface area contributed by atoms with E-state index in [4.69, 9.17) is 4.74 Å². The molecule has 3 aromatic carbocycles. The standard InChI is InChI=1S/C20H15N3O6S2/c24-20(21-15-6-8-16(9-7-15)22(25)26)29-13-14-4-10-18(11-5-14)30-31-19-3-1-2-17(12-19)23(27)28/h1-12H,13H2,(H,21,24). The van der Waals surface area contributed by atoms with Crippen LogP contribution in [0.2, 0.25) is 0 Å². The van der Waals surface area contributed by atoms with Gasteiger partial charge in [-0.3, -0.25) is 25.5 Å². The third kappa shape index (κ3) is 6.73. The van der Waals surface area contributed by atoms with Crippen molar-refractivity contribution in [3.05, 3.63) is 98.6 Å². The van der Waals surface area contributed by atoms with Gasteiger partial charge >= 0.3 is 6.09 Å². The highest BCUT2D eigenvalue weighted by Crippen LogP contribution is 2.38. The summed E-state index contributed by atoms with van der Waals surface area (Å²) >= 11 is 0. The van der Waals surface area contributed by atoms with Gasteiger partial charge in [-0.25, -0.2) is 4.79 Å². The third-order valence-electron chi connectivity index (χ3n) is 3.88. The van der Waals surface area contributed by atoms with Crippen LogP contribution >= 0.6 is 21.6 Å². The minimum Gasteiger partial charge on any atom is -0.444 e. The van der Waals surface area contributed by atoms with Gasteiger partial charge in [0.2, 0.25) is 0 Å². The van der Waals surface area contributed by atoms with Crippen LogP contribution in [0.4, 0.5) is 21.9 Å². The summed E-state index contributed by atoms with van der Waals surface area (Å²) in [6, 6.07) is 19.2. The number of nitrogens with zero attached hydrogens (tertiary/aromatic N) is 2. The molecular formula is C20H15N3O6S2. The van der Waals surface area contributed by atoms with Crippen LogP contribution in [0.5, 0.6) is 0 Å². The summed E-state index contributed by atoms with van der Waals surface area (Å²) < 4.78 is 5.15. The number of hydrogen-bond donors (Lipinski definition) is 1. The number of ether oxygens (including phenoxy) is 1. The number of anilines is 1. The molecular weight excluding hydrogens is 442 g/mol. The van der Waals surface area contributed by atoms with Crippen molar-refractivity contribution in [3.63, 3.8) is 0 Å². The molecule has 0 saturated heterocycles. The molecule has 0 fully saturated rings. The Balaban J connectivity index is 1.46. The van der Waals surface area contributed by atoms with Gasteiger partial charge in [0, 0.05) is 39.7 Å². The van der Waals surface area contributed by atoms with E-state index in [-0.39, 0.29) is 18.0 Å². The summed E-state index contributed by atoms with van der Waals surface area (Å²) in [5, 5.41) is 24.0. The van der Waals surface area contributed by atoms with E-state index in [1.807, 2.05) is 24.3 Å². The number of non-ortho nitro benzene ring substituents is 2. The zero-order valence-corrected chi connectivity index (χ0v) is 17.4. The number of nitro benzene ring substituents is 2. The normalized spacial score (nSPS) is 10.3. The second-order valence-corrected chi connectivity index (χ2v) is 8.35. The first kappa shape index (κ1) is 22.1. The number of amides is 1. The fourth-order valence-electron chi connectivity index (χ4n) is 2.36. The zero-order chi connectivity index (χ0) is 22.2. The number of rotatable bonds is 8. The number of carbonyl (C=O) groups excluding carboxylic acids is 1. The van der Waals surface area contributed by atoms with E-state index < -0.39 is 15.9 Å². The molecule has 0 unspecified atom stereocenters. The topological polar surface area (TPSA) is 125 Å². The molecule has 158 valence electrons. The molecule has 1 N–H and O–H groups in total. The third-order valence-corrected chi connectivity index (χ3v) is 6.28. The van der Waals surface area contributed by atoms with Crippen LogP contribution in [0.15, 0.2) is 82.6 Å². The molecule has 0 heterocycles. The van der Waals surface area contributed by atoms with Crippen LogP contribution in [0, 0.1) is 20.2 Å². The predicted molar refractivity (Wildman–Crippen MR) is 118 cm³/mol. The smallest absolute Gasteiger partial charge is 0.411 e. The molecule has 0 bridgehead atoms. The van der Waals surface area contributed by atoms with Crippen molar-refractivity contribution in [2.24, 2.45) is 0 Å². The molecule has 1 amide bonds. The molecule has 0 aliphatic rings. The molecule has 9 nitrogen and oxygen atoms in total. The first-order valence-electron chi connectivity index (χ1n) is 8.77. The SMILES string of the molecule is O=C(Nc1ccc([N+](=O)[O-])cc1)OCc1ccc(SSc2cccc([N+](=O)[O-])c2)cc1. The van der Waals surface area contributed by atoms with E-state index in [2.05, 4.69) is 5.32 Å². The van der Waals surface area contributed by atoms with Gasteiger partial charge in [-0.15, -0.1) is 0 Å². The van der Waals surface area contributed by atoms with Gasteiger partial charge in [-0.05, 0) is 35.9 Å². The molecule has 0 aliphatic heterocycles. The van der Waals surface area contributed by atoms with Crippen LogP contribution < -0.4 is 5.32 Å². The second kappa shape index (κ2) is 10.5.